The maximum absolute atomic E-state index is 11.2. The predicted molar refractivity (Wildman–Crippen MR) is 52.5 cm³/mol. The van der Waals surface area contributed by atoms with Crippen LogP contribution in [-0.4, -0.2) is 35.1 Å². The van der Waals surface area contributed by atoms with Crippen molar-refractivity contribution in [1.29, 1.82) is 0 Å². The second-order valence-electron chi connectivity index (χ2n) is 3.60. The van der Waals surface area contributed by atoms with E-state index < -0.39 is 0 Å². The van der Waals surface area contributed by atoms with Crippen LogP contribution < -0.4 is 0 Å². The van der Waals surface area contributed by atoms with E-state index in [9.17, 15) is 4.79 Å². The maximum Gasteiger partial charge on any atom is 0.259 e. The van der Waals surface area contributed by atoms with Crippen LogP contribution in [0.15, 0.2) is 0 Å². The molecule has 4 heteroatoms. The minimum absolute atomic E-state index is 0.316. The van der Waals surface area contributed by atoms with Crippen LogP contribution in [0.3, 0.4) is 0 Å². The first-order valence-electron chi connectivity index (χ1n) is 4.72. The van der Waals surface area contributed by atoms with Gasteiger partial charge < -0.3 is 9.64 Å². The first-order chi connectivity index (χ1) is 6.27. The van der Waals surface area contributed by atoms with Crippen LogP contribution in [0.4, 0.5) is 0 Å². The highest BCUT2D eigenvalue weighted by atomic mass is 32.1. The van der Waals surface area contributed by atoms with E-state index in [2.05, 4.69) is 4.90 Å². The molecular weight excluding hydrogens is 186 g/mol. The number of ether oxygens (including phenoxy) is 1. The Bertz CT molecular complexity index is 242. The second-order valence-corrected chi connectivity index (χ2v) is 3.95. The van der Waals surface area contributed by atoms with Gasteiger partial charge >= 0.3 is 0 Å². The van der Waals surface area contributed by atoms with Crippen molar-refractivity contribution in [3.8, 4) is 0 Å². The smallest absolute Gasteiger partial charge is 0.259 e. The summed E-state index contributed by atoms with van der Waals surface area (Å²) in [4.78, 5) is 13.3. The molecule has 1 atom stereocenters. The molecule has 1 aliphatic carbocycles. The van der Waals surface area contributed by atoms with Gasteiger partial charge in [-0.25, -0.2) is 0 Å². The van der Waals surface area contributed by atoms with Crippen molar-refractivity contribution in [2.24, 2.45) is 0 Å². The Morgan fingerprint density at radius 1 is 1.54 bits per heavy atom. The molecule has 2 aliphatic rings. The molecule has 2 rings (SSSR count). The Kier molecular flexibility index (Phi) is 2.49. The molecule has 0 aromatic rings. The fourth-order valence-corrected chi connectivity index (χ4v) is 2.33. The highest BCUT2D eigenvalue weighted by Gasteiger charge is 2.30. The number of carbonyl (C=O) groups excluding carboxylic acids is 1. The number of rotatable bonds is 1. The van der Waals surface area contributed by atoms with Crippen LogP contribution in [0.25, 0.3) is 0 Å². The molecule has 1 unspecified atom stereocenters. The van der Waals surface area contributed by atoms with E-state index in [-0.39, 0.29) is 0 Å². The van der Waals surface area contributed by atoms with E-state index in [4.69, 9.17) is 17.0 Å². The van der Waals surface area contributed by atoms with Gasteiger partial charge in [-0.3, -0.25) is 4.79 Å². The molecule has 0 aromatic carbocycles. The van der Waals surface area contributed by atoms with Gasteiger partial charge in [-0.05, 0) is 25.1 Å². The summed E-state index contributed by atoms with van der Waals surface area (Å²) >= 11 is 5.05. The van der Waals surface area contributed by atoms with Crippen molar-refractivity contribution in [3.63, 3.8) is 0 Å². The molecule has 0 aromatic heterocycles. The summed E-state index contributed by atoms with van der Waals surface area (Å²) in [7, 11) is 0. The van der Waals surface area contributed by atoms with E-state index in [1.54, 1.807) is 0 Å². The highest BCUT2D eigenvalue weighted by Crippen LogP contribution is 2.22. The van der Waals surface area contributed by atoms with Crippen molar-refractivity contribution in [2.75, 3.05) is 13.2 Å². The number of hydrogen-bond acceptors (Lipinski definition) is 3. The number of hydrogen-bond donors (Lipinski definition) is 0. The Labute approximate surface area is 83.0 Å². The summed E-state index contributed by atoms with van der Waals surface area (Å²) in [6.45, 7) is 1.54. The monoisotopic (exact) mass is 199 g/mol. The normalized spacial score (nSPS) is 29.2. The third-order valence-corrected chi connectivity index (χ3v) is 3.04. The Morgan fingerprint density at radius 2 is 2.38 bits per heavy atom. The van der Waals surface area contributed by atoms with Crippen LogP contribution in [0, 0.1) is 0 Å². The summed E-state index contributed by atoms with van der Waals surface area (Å²) in [6.07, 6.45) is 3.49. The fraction of sp³-hybridized carbons (Fsp3) is 0.778. The number of carbonyl (C=O) groups is 1. The van der Waals surface area contributed by atoms with Gasteiger partial charge in [-0.1, -0.05) is 0 Å². The zero-order valence-corrected chi connectivity index (χ0v) is 8.31. The lowest BCUT2D eigenvalue weighted by molar-refractivity contribution is -0.121. The molecule has 1 heterocycles. The van der Waals surface area contributed by atoms with E-state index in [0.29, 0.717) is 30.0 Å². The molecule has 0 spiro atoms. The number of Topliss-reactive ketones (excluding diaryl/α,β-unsaturated/α-hetero) is 1. The van der Waals surface area contributed by atoms with E-state index >= 15 is 0 Å². The molecule has 1 saturated carbocycles. The minimum Gasteiger partial charge on any atom is -0.469 e. The topological polar surface area (TPSA) is 29.5 Å². The van der Waals surface area contributed by atoms with Crippen LogP contribution in [0.1, 0.15) is 25.7 Å². The molecule has 0 amide bonds. The number of thiocarbonyl (C=S) groups is 1. The average molecular weight is 199 g/mol. The zero-order chi connectivity index (χ0) is 9.26. The summed E-state index contributed by atoms with van der Waals surface area (Å²) < 4.78 is 5.20. The van der Waals surface area contributed by atoms with Gasteiger partial charge in [0.15, 0.2) is 0 Å². The van der Waals surface area contributed by atoms with Crippen LogP contribution in [0.5, 0.6) is 0 Å². The Hall–Kier alpha value is -0.640. The SMILES string of the molecule is O=C1CCCC(N2CCOC2=S)C1. The van der Waals surface area contributed by atoms with Gasteiger partial charge in [0.05, 0.1) is 6.54 Å². The highest BCUT2D eigenvalue weighted by molar-refractivity contribution is 7.80. The van der Waals surface area contributed by atoms with E-state index in [0.717, 1.165) is 25.8 Å². The van der Waals surface area contributed by atoms with Gasteiger partial charge in [-0.2, -0.15) is 0 Å². The zero-order valence-electron chi connectivity index (χ0n) is 7.49. The number of nitrogens with zero attached hydrogens (tertiary/aromatic N) is 1. The first-order valence-corrected chi connectivity index (χ1v) is 5.13. The predicted octanol–water partition coefficient (Wildman–Crippen LogP) is 1.12. The Balaban J connectivity index is 1.99. The van der Waals surface area contributed by atoms with Crippen LogP contribution >= 0.6 is 12.2 Å². The second kappa shape index (κ2) is 3.62. The lowest BCUT2D eigenvalue weighted by atomic mass is 9.93. The van der Waals surface area contributed by atoms with Crippen molar-refractivity contribution in [3.05, 3.63) is 0 Å². The summed E-state index contributed by atoms with van der Waals surface area (Å²) in [5.41, 5.74) is 0. The quantitative estimate of drug-likeness (QED) is 0.592. The van der Waals surface area contributed by atoms with Gasteiger partial charge in [0.1, 0.15) is 12.4 Å². The van der Waals surface area contributed by atoms with Gasteiger partial charge in [0, 0.05) is 18.9 Å². The lowest BCUT2D eigenvalue weighted by Crippen LogP contribution is -2.39. The van der Waals surface area contributed by atoms with Crippen molar-refractivity contribution in [2.45, 2.75) is 31.7 Å². The van der Waals surface area contributed by atoms with E-state index in [1.807, 2.05) is 0 Å². The molecule has 13 heavy (non-hydrogen) atoms. The molecular formula is C9H13NO2S. The lowest BCUT2D eigenvalue weighted by Gasteiger charge is -2.29. The molecule has 1 aliphatic heterocycles. The largest absolute Gasteiger partial charge is 0.469 e. The van der Waals surface area contributed by atoms with E-state index in [1.165, 1.54) is 0 Å². The Morgan fingerprint density at radius 3 is 3.00 bits per heavy atom. The molecule has 0 N–H and O–H groups in total. The van der Waals surface area contributed by atoms with Crippen LogP contribution in [0.2, 0.25) is 0 Å². The average Bonchev–Trinajstić information content (AvgIpc) is 2.51. The molecule has 2 fully saturated rings. The standard InChI is InChI=1S/C9H13NO2S/c11-8-3-1-2-7(6-8)10-4-5-12-9(10)13/h7H,1-6H2. The van der Waals surface area contributed by atoms with Crippen molar-refractivity contribution < 1.29 is 9.53 Å². The number of ketones is 1. The van der Waals surface area contributed by atoms with Crippen molar-refractivity contribution in [1.82, 2.24) is 4.90 Å². The molecule has 3 nitrogen and oxygen atoms in total. The maximum atomic E-state index is 11.2. The summed E-state index contributed by atoms with van der Waals surface area (Å²) in [6, 6.07) is 0.316. The van der Waals surface area contributed by atoms with Gasteiger partial charge in [-0.15, -0.1) is 0 Å². The fourth-order valence-electron chi connectivity index (χ4n) is 2.00. The first kappa shape index (κ1) is 8.94. The molecule has 0 radical (unpaired) electrons. The third kappa shape index (κ3) is 1.82. The van der Waals surface area contributed by atoms with Gasteiger partial charge in [0.2, 0.25) is 0 Å². The molecule has 72 valence electrons. The van der Waals surface area contributed by atoms with Crippen molar-refractivity contribution >= 4 is 23.2 Å². The van der Waals surface area contributed by atoms with Gasteiger partial charge in [0.25, 0.3) is 5.17 Å². The summed E-state index contributed by atoms with van der Waals surface area (Å²) in [5.74, 6) is 0.367. The minimum atomic E-state index is 0.316. The third-order valence-electron chi connectivity index (χ3n) is 2.69. The van der Waals surface area contributed by atoms with Crippen LogP contribution in [-0.2, 0) is 9.53 Å². The summed E-state index contributed by atoms with van der Waals surface area (Å²) in [5, 5.41) is 0.583. The molecule has 0 bridgehead atoms. The molecule has 1 saturated heterocycles.